The fraction of sp³-hybridized carbons (Fsp3) is 0.444. The molecule has 2 fully saturated rings. The van der Waals surface area contributed by atoms with Gasteiger partial charge in [0.05, 0.1) is 34.8 Å². The highest BCUT2D eigenvalue weighted by Gasteiger charge is 2.54. The fourth-order valence-corrected chi connectivity index (χ4v) is 6.70. The number of benzene rings is 1. The van der Waals surface area contributed by atoms with Crippen LogP contribution in [0, 0.1) is 0 Å². The Morgan fingerprint density at radius 3 is 2.54 bits per heavy atom. The average molecular weight is 521 g/mol. The molecule has 37 heavy (non-hydrogen) atoms. The van der Waals surface area contributed by atoms with Crippen molar-refractivity contribution in [1.29, 1.82) is 0 Å². The van der Waals surface area contributed by atoms with Crippen LogP contribution in [0.25, 0.3) is 22.0 Å². The van der Waals surface area contributed by atoms with Gasteiger partial charge in [-0.1, -0.05) is 12.5 Å². The Hall–Kier alpha value is -3.24. The van der Waals surface area contributed by atoms with Gasteiger partial charge in [-0.05, 0) is 57.1 Å². The lowest BCUT2D eigenvalue weighted by molar-refractivity contribution is -0.125. The maximum atomic E-state index is 13.2. The third-order valence-corrected chi connectivity index (χ3v) is 8.89. The van der Waals surface area contributed by atoms with Gasteiger partial charge in [0, 0.05) is 48.9 Å². The molecule has 1 aromatic carbocycles. The van der Waals surface area contributed by atoms with Gasteiger partial charge in [-0.15, -0.1) is 0 Å². The van der Waals surface area contributed by atoms with Gasteiger partial charge in [-0.25, -0.2) is 13.4 Å². The molecule has 6 rings (SSSR count). The van der Waals surface area contributed by atoms with Gasteiger partial charge in [-0.2, -0.15) is 0 Å². The second kappa shape index (κ2) is 8.39. The summed E-state index contributed by atoms with van der Waals surface area (Å²) in [7, 11) is 2.45. The predicted octanol–water partition coefficient (Wildman–Crippen LogP) is 3.21. The van der Waals surface area contributed by atoms with Crippen LogP contribution in [0.3, 0.4) is 0 Å². The number of likely N-dealkylation sites (N-methyl/N-ethyl adjacent to an activating group) is 2. The zero-order valence-electron chi connectivity index (χ0n) is 21.7. The number of fused-ring (bicyclic) bond motifs is 4. The van der Waals surface area contributed by atoms with Crippen LogP contribution < -0.4 is 14.5 Å². The lowest BCUT2D eigenvalue weighted by Crippen LogP contribution is -2.43. The molecule has 1 aliphatic carbocycles. The first-order valence-corrected chi connectivity index (χ1v) is 14.6. The molecule has 3 aliphatic rings. The van der Waals surface area contributed by atoms with Crippen LogP contribution in [0.4, 0.5) is 17.2 Å². The van der Waals surface area contributed by atoms with E-state index in [2.05, 4.69) is 39.7 Å². The molecular formula is C27H32N6O3S. The Kier molecular flexibility index (Phi) is 5.47. The minimum atomic E-state index is -3.50. The van der Waals surface area contributed by atoms with Gasteiger partial charge < -0.3 is 14.7 Å². The molecule has 10 heteroatoms. The Morgan fingerprint density at radius 2 is 1.89 bits per heavy atom. The lowest BCUT2D eigenvalue weighted by atomic mass is 9.64. The van der Waals surface area contributed by atoms with E-state index in [0.29, 0.717) is 17.5 Å². The van der Waals surface area contributed by atoms with E-state index in [9.17, 15) is 13.2 Å². The zero-order chi connectivity index (χ0) is 26.1. The van der Waals surface area contributed by atoms with E-state index >= 15 is 0 Å². The minimum Gasteiger partial charge on any atom is -0.353 e. The van der Waals surface area contributed by atoms with E-state index in [-0.39, 0.29) is 5.91 Å². The number of sulfonamides is 1. The fourth-order valence-electron chi connectivity index (χ4n) is 6.15. The number of nitrogens with zero attached hydrogens (tertiary/aromatic N) is 5. The van der Waals surface area contributed by atoms with Gasteiger partial charge in [-0.3, -0.25) is 14.5 Å². The van der Waals surface area contributed by atoms with E-state index < -0.39 is 15.4 Å². The molecule has 0 radical (unpaired) electrons. The summed E-state index contributed by atoms with van der Waals surface area (Å²) in [5.41, 5.74) is 4.54. The first-order chi connectivity index (χ1) is 17.6. The standard InChI is InChI=1S/C27H32N6O3S/c1-31(2)19-8-11-33(16-19)25-22(30-37(4,35)36)13-18(14-29-25)17-6-7-21-20(12-17)24-23(15-28-21)32(3)26(34)27(24)9-5-10-27/h6-7,12-15,19,30H,5,8-11,16H2,1-4H3/t19-/m1/s1. The number of pyridine rings is 2. The molecule has 2 aliphatic heterocycles. The molecule has 1 N–H and O–H groups in total. The van der Waals surface area contributed by atoms with E-state index in [1.807, 2.05) is 31.4 Å². The molecule has 4 heterocycles. The molecule has 2 aromatic heterocycles. The second-order valence-corrected chi connectivity index (χ2v) is 12.6. The predicted molar refractivity (Wildman–Crippen MR) is 147 cm³/mol. The molecule has 1 atom stereocenters. The van der Waals surface area contributed by atoms with Crippen LogP contribution in [-0.4, -0.2) is 75.7 Å². The topological polar surface area (TPSA) is 98.7 Å². The summed E-state index contributed by atoms with van der Waals surface area (Å²) >= 11 is 0. The highest BCUT2D eigenvalue weighted by molar-refractivity contribution is 7.92. The molecule has 194 valence electrons. The summed E-state index contributed by atoms with van der Waals surface area (Å²) in [6, 6.07) is 8.28. The zero-order valence-corrected chi connectivity index (χ0v) is 22.5. The first-order valence-electron chi connectivity index (χ1n) is 12.7. The molecular weight excluding hydrogens is 488 g/mol. The maximum Gasteiger partial charge on any atom is 0.237 e. The van der Waals surface area contributed by atoms with Crippen LogP contribution >= 0.6 is 0 Å². The van der Waals surface area contributed by atoms with Crippen molar-refractivity contribution in [2.45, 2.75) is 37.1 Å². The van der Waals surface area contributed by atoms with E-state index in [0.717, 1.165) is 78.3 Å². The summed E-state index contributed by atoms with van der Waals surface area (Å²) in [6.07, 6.45) is 8.52. The summed E-state index contributed by atoms with van der Waals surface area (Å²) in [4.78, 5) is 28.7. The van der Waals surface area contributed by atoms with Gasteiger partial charge in [0.2, 0.25) is 15.9 Å². The monoisotopic (exact) mass is 520 g/mol. The summed E-state index contributed by atoms with van der Waals surface area (Å²) in [6.45, 7) is 1.60. The summed E-state index contributed by atoms with van der Waals surface area (Å²) in [5, 5.41) is 0.975. The average Bonchev–Trinajstić information content (AvgIpc) is 3.40. The van der Waals surface area contributed by atoms with Crippen molar-refractivity contribution in [2.75, 3.05) is 55.0 Å². The lowest BCUT2D eigenvalue weighted by Gasteiger charge is -2.37. The molecule has 1 amide bonds. The Bertz CT molecular complexity index is 1530. The van der Waals surface area contributed by atoms with Crippen LogP contribution in [0.5, 0.6) is 0 Å². The third-order valence-electron chi connectivity index (χ3n) is 8.30. The second-order valence-electron chi connectivity index (χ2n) is 10.9. The highest BCUT2D eigenvalue weighted by Crippen LogP contribution is 2.55. The van der Waals surface area contributed by atoms with Crippen LogP contribution in [0.15, 0.2) is 36.7 Å². The van der Waals surface area contributed by atoms with Crippen LogP contribution in [-0.2, 0) is 20.2 Å². The molecule has 0 unspecified atom stereocenters. The van der Waals surface area contributed by atoms with Crippen molar-refractivity contribution in [3.8, 4) is 11.1 Å². The van der Waals surface area contributed by atoms with Gasteiger partial charge >= 0.3 is 0 Å². The molecule has 1 saturated carbocycles. The highest BCUT2D eigenvalue weighted by atomic mass is 32.2. The van der Waals surface area contributed by atoms with Crippen molar-refractivity contribution in [2.24, 2.45) is 0 Å². The SMILES string of the molecule is CN1C(=O)C2(CCC2)c2c1cnc1ccc(-c3cnc(N4CC[C@@H](N(C)C)C4)c(NS(C)(=O)=O)c3)cc21. The number of nitrogens with one attached hydrogen (secondary N) is 1. The van der Waals surface area contributed by atoms with E-state index in [1.54, 1.807) is 11.1 Å². The maximum absolute atomic E-state index is 13.2. The number of amides is 1. The number of anilines is 3. The molecule has 3 aromatic rings. The van der Waals surface area contributed by atoms with Gasteiger partial charge in [0.1, 0.15) is 0 Å². The molecule has 9 nitrogen and oxygen atoms in total. The van der Waals surface area contributed by atoms with Crippen molar-refractivity contribution in [3.63, 3.8) is 0 Å². The Balaban J connectivity index is 1.45. The number of hydrogen-bond donors (Lipinski definition) is 1. The first kappa shape index (κ1) is 24.1. The summed E-state index contributed by atoms with van der Waals surface area (Å²) < 4.78 is 27.2. The number of aromatic nitrogens is 2. The Labute approximate surface area is 217 Å². The van der Waals surface area contributed by atoms with Gasteiger partial charge in [0.25, 0.3) is 0 Å². The number of carbonyl (C=O) groups is 1. The van der Waals surface area contributed by atoms with Crippen LogP contribution in [0.2, 0.25) is 0 Å². The smallest absolute Gasteiger partial charge is 0.237 e. The van der Waals surface area contributed by atoms with Crippen molar-refractivity contribution in [1.82, 2.24) is 14.9 Å². The van der Waals surface area contributed by atoms with Crippen molar-refractivity contribution in [3.05, 3.63) is 42.2 Å². The van der Waals surface area contributed by atoms with E-state index in [1.165, 1.54) is 0 Å². The van der Waals surface area contributed by atoms with Crippen LogP contribution in [0.1, 0.15) is 31.2 Å². The van der Waals surface area contributed by atoms with Gasteiger partial charge in [0.15, 0.2) is 5.82 Å². The normalized spacial score (nSPS) is 20.7. The number of rotatable bonds is 5. The van der Waals surface area contributed by atoms with E-state index in [4.69, 9.17) is 4.98 Å². The molecule has 1 spiro atoms. The molecule has 1 saturated heterocycles. The number of hydrogen-bond acceptors (Lipinski definition) is 7. The summed E-state index contributed by atoms with van der Waals surface area (Å²) in [5.74, 6) is 0.795. The Morgan fingerprint density at radius 1 is 1.11 bits per heavy atom. The largest absolute Gasteiger partial charge is 0.353 e. The third kappa shape index (κ3) is 3.85. The minimum absolute atomic E-state index is 0.153. The number of carbonyl (C=O) groups excluding carboxylic acids is 1. The molecule has 0 bridgehead atoms. The quantitative estimate of drug-likeness (QED) is 0.552. The van der Waals surface area contributed by atoms with Crippen molar-refractivity contribution >= 4 is 44.0 Å². The van der Waals surface area contributed by atoms with Crippen molar-refractivity contribution < 1.29 is 13.2 Å².